The van der Waals surface area contributed by atoms with E-state index in [1.54, 1.807) is 0 Å². The average molecular weight is 293 g/mol. The van der Waals surface area contributed by atoms with Gasteiger partial charge in [0.25, 0.3) is 0 Å². The van der Waals surface area contributed by atoms with E-state index >= 15 is 0 Å². The van der Waals surface area contributed by atoms with Gasteiger partial charge in [0.05, 0.1) is 12.0 Å². The van der Waals surface area contributed by atoms with Crippen LogP contribution in [0.1, 0.15) is 62.2 Å². The summed E-state index contributed by atoms with van der Waals surface area (Å²) in [6.07, 6.45) is 7.15. The van der Waals surface area contributed by atoms with E-state index in [1.165, 1.54) is 25.7 Å². The third kappa shape index (κ3) is 3.44. The molecular formula is C15H27N5O. The molecule has 2 aliphatic rings. The van der Waals surface area contributed by atoms with Gasteiger partial charge in [-0.2, -0.15) is 4.98 Å². The molecule has 3 atom stereocenters. The second-order valence-corrected chi connectivity index (χ2v) is 6.45. The van der Waals surface area contributed by atoms with Crippen LogP contribution in [-0.4, -0.2) is 47.8 Å². The van der Waals surface area contributed by atoms with Crippen LogP contribution in [0.2, 0.25) is 0 Å². The first-order valence-electron chi connectivity index (χ1n) is 8.26. The van der Waals surface area contributed by atoms with E-state index in [0.29, 0.717) is 0 Å². The highest BCUT2D eigenvalue weighted by molar-refractivity contribution is 5.03. The molecule has 2 heterocycles. The number of piperazine rings is 1. The van der Waals surface area contributed by atoms with Crippen LogP contribution in [-0.2, 0) is 0 Å². The highest BCUT2D eigenvalue weighted by atomic mass is 16.5. The van der Waals surface area contributed by atoms with Gasteiger partial charge in [-0.25, -0.2) is 0 Å². The largest absolute Gasteiger partial charge is 0.339 e. The molecule has 21 heavy (non-hydrogen) atoms. The van der Waals surface area contributed by atoms with Crippen LogP contribution in [0.3, 0.4) is 0 Å². The van der Waals surface area contributed by atoms with Crippen LogP contribution < -0.4 is 11.1 Å². The van der Waals surface area contributed by atoms with Gasteiger partial charge < -0.3 is 15.6 Å². The van der Waals surface area contributed by atoms with Crippen molar-refractivity contribution in [3.8, 4) is 0 Å². The number of rotatable bonds is 2. The summed E-state index contributed by atoms with van der Waals surface area (Å²) < 4.78 is 5.58. The normalized spacial score (nSPS) is 32.6. The zero-order valence-electron chi connectivity index (χ0n) is 12.9. The van der Waals surface area contributed by atoms with Crippen molar-refractivity contribution in [2.75, 3.05) is 26.7 Å². The molecule has 1 saturated heterocycles. The third-order valence-corrected chi connectivity index (χ3v) is 4.90. The molecule has 3 unspecified atom stereocenters. The number of likely N-dealkylation sites (N-methyl/N-ethyl adjacent to an activating group) is 1. The fourth-order valence-corrected chi connectivity index (χ4v) is 3.45. The Morgan fingerprint density at radius 3 is 2.86 bits per heavy atom. The number of aromatic nitrogens is 2. The molecule has 1 aromatic heterocycles. The third-order valence-electron chi connectivity index (χ3n) is 4.90. The summed E-state index contributed by atoms with van der Waals surface area (Å²) in [4.78, 5) is 6.97. The molecule has 1 aromatic rings. The van der Waals surface area contributed by atoms with E-state index in [2.05, 4.69) is 22.4 Å². The highest BCUT2D eigenvalue weighted by Gasteiger charge is 2.30. The molecule has 0 spiro atoms. The van der Waals surface area contributed by atoms with Crippen molar-refractivity contribution in [2.45, 2.75) is 56.5 Å². The second-order valence-electron chi connectivity index (χ2n) is 6.45. The minimum Gasteiger partial charge on any atom is -0.339 e. The van der Waals surface area contributed by atoms with Crippen LogP contribution in [0.25, 0.3) is 0 Å². The molecule has 3 rings (SSSR count). The van der Waals surface area contributed by atoms with Crippen LogP contribution in [0, 0.1) is 0 Å². The summed E-state index contributed by atoms with van der Waals surface area (Å²) in [6, 6.07) is 0.363. The van der Waals surface area contributed by atoms with E-state index in [1.807, 2.05) is 0 Å². The van der Waals surface area contributed by atoms with E-state index < -0.39 is 0 Å². The fourth-order valence-electron chi connectivity index (χ4n) is 3.45. The lowest BCUT2D eigenvalue weighted by atomic mass is 9.87. The van der Waals surface area contributed by atoms with E-state index in [4.69, 9.17) is 15.2 Å². The Morgan fingerprint density at radius 2 is 2.05 bits per heavy atom. The zero-order chi connectivity index (χ0) is 14.7. The molecule has 0 aromatic carbocycles. The Morgan fingerprint density at radius 1 is 1.24 bits per heavy atom. The number of nitrogens with one attached hydrogen (secondary N) is 1. The Balaban J connectivity index is 1.73. The Bertz CT molecular complexity index is 449. The summed E-state index contributed by atoms with van der Waals surface area (Å²) >= 11 is 0. The molecule has 1 saturated carbocycles. The smallest absolute Gasteiger partial charge is 0.231 e. The Labute approximate surface area is 126 Å². The molecule has 118 valence electrons. The minimum absolute atomic E-state index is 0.154. The van der Waals surface area contributed by atoms with Gasteiger partial charge in [0, 0.05) is 25.7 Å². The van der Waals surface area contributed by atoms with Gasteiger partial charge in [-0.05, 0) is 19.9 Å². The first kappa shape index (κ1) is 14.9. The van der Waals surface area contributed by atoms with Gasteiger partial charge in [0.2, 0.25) is 5.89 Å². The summed E-state index contributed by atoms with van der Waals surface area (Å²) in [7, 11) is 2.11. The van der Waals surface area contributed by atoms with Crippen molar-refractivity contribution in [3.05, 3.63) is 11.7 Å². The Hall–Kier alpha value is -0.980. The molecule has 0 bridgehead atoms. The van der Waals surface area contributed by atoms with Crippen LogP contribution in [0.15, 0.2) is 4.52 Å². The predicted molar refractivity (Wildman–Crippen MR) is 81.0 cm³/mol. The maximum atomic E-state index is 6.34. The summed E-state index contributed by atoms with van der Waals surface area (Å²) in [5.74, 6) is 1.78. The van der Waals surface area contributed by atoms with Crippen molar-refractivity contribution in [1.82, 2.24) is 20.4 Å². The van der Waals surface area contributed by atoms with Crippen molar-refractivity contribution in [1.29, 1.82) is 0 Å². The first-order valence-corrected chi connectivity index (χ1v) is 8.26. The summed E-state index contributed by atoms with van der Waals surface area (Å²) in [5, 5.41) is 7.62. The molecule has 3 N–H and O–H groups in total. The van der Waals surface area contributed by atoms with E-state index in [9.17, 15) is 0 Å². The van der Waals surface area contributed by atoms with Crippen LogP contribution in [0.5, 0.6) is 0 Å². The molecule has 0 radical (unpaired) electrons. The zero-order valence-corrected chi connectivity index (χ0v) is 12.9. The van der Waals surface area contributed by atoms with Gasteiger partial charge >= 0.3 is 0 Å². The monoisotopic (exact) mass is 293 g/mol. The predicted octanol–water partition coefficient (Wildman–Crippen LogP) is 1.41. The fraction of sp³-hybridized carbons (Fsp3) is 0.867. The molecule has 1 aliphatic heterocycles. The quantitative estimate of drug-likeness (QED) is 0.858. The molecule has 6 nitrogen and oxygen atoms in total. The molecular weight excluding hydrogens is 266 g/mol. The van der Waals surface area contributed by atoms with E-state index in [-0.39, 0.29) is 18.0 Å². The van der Waals surface area contributed by atoms with Crippen LogP contribution >= 0.6 is 0 Å². The van der Waals surface area contributed by atoms with Crippen molar-refractivity contribution in [3.63, 3.8) is 0 Å². The number of nitrogens with zero attached hydrogens (tertiary/aromatic N) is 3. The lowest BCUT2D eigenvalue weighted by Crippen LogP contribution is -2.44. The summed E-state index contributed by atoms with van der Waals surface area (Å²) in [5.41, 5.74) is 6.34. The number of hydrogen-bond acceptors (Lipinski definition) is 6. The van der Waals surface area contributed by atoms with Crippen molar-refractivity contribution >= 4 is 0 Å². The molecule has 1 aliphatic carbocycles. The number of hydrogen-bond donors (Lipinski definition) is 2. The van der Waals surface area contributed by atoms with Gasteiger partial charge in [-0.1, -0.05) is 30.8 Å². The topological polar surface area (TPSA) is 80.2 Å². The summed E-state index contributed by atoms with van der Waals surface area (Å²) in [6.45, 7) is 2.91. The number of nitrogens with two attached hydrogens (primary N) is 1. The minimum atomic E-state index is 0.154. The van der Waals surface area contributed by atoms with E-state index in [0.717, 1.165) is 44.2 Å². The standard InChI is InChI=1S/C15H27N5O/c1-20-9-8-17-10-13(20)14-18-15(21-19-14)11-6-4-2-3-5-7-12(11)16/h11-13,17H,2-10,16H2,1H3. The molecule has 2 fully saturated rings. The molecule has 6 heteroatoms. The van der Waals surface area contributed by atoms with Gasteiger partial charge in [0.15, 0.2) is 5.82 Å². The van der Waals surface area contributed by atoms with Crippen LogP contribution in [0.4, 0.5) is 0 Å². The highest BCUT2D eigenvalue weighted by Crippen LogP contribution is 2.30. The van der Waals surface area contributed by atoms with Gasteiger partial charge in [0.1, 0.15) is 0 Å². The Kier molecular flexibility index (Phi) is 4.87. The van der Waals surface area contributed by atoms with Gasteiger partial charge in [-0.15, -0.1) is 0 Å². The second kappa shape index (κ2) is 6.85. The SMILES string of the molecule is CN1CCNCC1c1noc(C2CCCCCCC2N)n1. The van der Waals surface area contributed by atoms with Crippen molar-refractivity contribution < 1.29 is 4.52 Å². The first-order chi connectivity index (χ1) is 10.3. The van der Waals surface area contributed by atoms with Gasteiger partial charge in [-0.3, -0.25) is 4.90 Å². The molecule has 0 amide bonds. The van der Waals surface area contributed by atoms with Crippen molar-refractivity contribution in [2.24, 2.45) is 5.73 Å². The average Bonchev–Trinajstić information content (AvgIpc) is 2.93. The maximum absolute atomic E-state index is 6.34. The maximum Gasteiger partial charge on any atom is 0.231 e. The lowest BCUT2D eigenvalue weighted by molar-refractivity contribution is 0.190. The lowest BCUT2D eigenvalue weighted by Gasteiger charge is -2.30.